The van der Waals surface area contributed by atoms with Crippen molar-refractivity contribution in [2.24, 2.45) is 13.0 Å². The van der Waals surface area contributed by atoms with Crippen molar-refractivity contribution >= 4 is 17.0 Å². The minimum Gasteiger partial charge on any atom is -0.439 e. The average Bonchev–Trinajstić information content (AvgIpc) is 3.07. The number of benzene rings is 2. The van der Waals surface area contributed by atoms with Crippen molar-refractivity contribution in [1.29, 1.82) is 0 Å². The van der Waals surface area contributed by atoms with E-state index >= 15 is 0 Å². The summed E-state index contributed by atoms with van der Waals surface area (Å²) in [5.74, 6) is 2.88. The van der Waals surface area contributed by atoms with Gasteiger partial charge in [-0.2, -0.15) is 0 Å². The maximum atomic E-state index is 5.81. The number of anilines is 1. The third-order valence-corrected chi connectivity index (χ3v) is 5.66. The Labute approximate surface area is 181 Å². The van der Waals surface area contributed by atoms with Crippen LogP contribution >= 0.6 is 0 Å². The highest BCUT2D eigenvalue weighted by Crippen LogP contribution is 2.24. The number of fused-ring (bicyclic) bond motifs is 1. The van der Waals surface area contributed by atoms with Gasteiger partial charge in [-0.3, -0.25) is 0 Å². The van der Waals surface area contributed by atoms with Gasteiger partial charge in [0.15, 0.2) is 0 Å². The fourth-order valence-corrected chi connectivity index (χ4v) is 3.75. The Morgan fingerprint density at radius 1 is 1.06 bits per heavy atom. The Hall–Kier alpha value is -3.38. The average molecular weight is 415 g/mol. The highest BCUT2D eigenvalue weighted by atomic mass is 16.5. The number of hydrogen-bond donors (Lipinski definition) is 1. The van der Waals surface area contributed by atoms with Crippen LogP contribution in [0.25, 0.3) is 11.0 Å². The minimum atomic E-state index is 0.598. The molecule has 6 heteroatoms. The minimum absolute atomic E-state index is 0.598. The smallest absolute Gasteiger partial charge is 0.219 e. The molecule has 2 aromatic heterocycles. The van der Waals surface area contributed by atoms with E-state index in [0.717, 1.165) is 53.5 Å². The molecule has 2 aromatic carbocycles. The Morgan fingerprint density at radius 2 is 1.87 bits per heavy atom. The summed E-state index contributed by atoms with van der Waals surface area (Å²) in [6.07, 6.45) is 2.87. The zero-order valence-corrected chi connectivity index (χ0v) is 17.8. The molecule has 5 rings (SSSR count). The van der Waals surface area contributed by atoms with Crippen LogP contribution in [-0.2, 0) is 24.8 Å². The van der Waals surface area contributed by atoms with Crippen LogP contribution < -0.4 is 10.1 Å². The fourth-order valence-electron chi connectivity index (χ4n) is 3.75. The molecular formula is C25H26N4O2. The van der Waals surface area contributed by atoms with Gasteiger partial charge in [-0.1, -0.05) is 24.3 Å². The van der Waals surface area contributed by atoms with E-state index in [4.69, 9.17) is 14.5 Å². The second kappa shape index (κ2) is 8.40. The number of aryl methyl sites for hydroxylation is 2. The van der Waals surface area contributed by atoms with Gasteiger partial charge in [0.2, 0.25) is 11.8 Å². The van der Waals surface area contributed by atoms with Gasteiger partial charge in [-0.25, -0.2) is 9.97 Å². The monoisotopic (exact) mass is 414 g/mol. The van der Waals surface area contributed by atoms with Crippen molar-refractivity contribution in [2.45, 2.75) is 19.9 Å². The molecule has 3 heterocycles. The van der Waals surface area contributed by atoms with Crippen molar-refractivity contribution in [2.75, 3.05) is 18.5 Å². The van der Waals surface area contributed by atoms with E-state index in [1.54, 1.807) is 6.20 Å². The summed E-state index contributed by atoms with van der Waals surface area (Å²) >= 11 is 0. The third-order valence-electron chi connectivity index (χ3n) is 5.66. The summed E-state index contributed by atoms with van der Waals surface area (Å²) in [5.41, 5.74) is 5.76. The van der Waals surface area contributed by atoms with Crippen molar-refractivity contribution in [3.63, 3.8) is 0 Å². The Bertz CT molecular complexity index is 1180. The molecule has 1 fully saturated rings. The van der Waals surface area contributed by atoms with E-state index < -0.39 is 0 Å². The summed E-state index contributed by atoms with van der Waals surface area (Å²) in [4.78, 5) is 9.04. The molecule has 158 valence electrons. The van der Waals surface area contributed by atoms with Gasteiger partial charge >= 0.3 is 0 Å². The molecule has 0 saturated carbocycles. The summed E-state index contributed by atoms with van der Waals surface area (Å²) < 4.78 is 13.2. The first-order chi connectivity index (χ1) is 15.1. The lowest BCUT2D eigenvalue weighted by Crippen LogP contribution is -2.29. The van der Waals surface area contributed by atoms with E-state index in [0.29, 0.717) is 18.3 Å². The zero-order chi connectivity index (χ0) is 21.2. The first-order valence-corrected chi connectivity index (χ1v) is 10.6. The molecule has 0 atom stereocenters. The molecule has 0 amide bonds. The van der Waals surface area contributed by atoms with Crippen LogP contribution in [0.4, 0.5) is 5.95 Å². The van der Waals surface area contributed by atoms with Crippen LogP contribution in [0, 0.1) is 12.8 Å². The van der Waals surface area contributed by atoms with E-state index in [1.807, 2.05) is 31.2 Å². The molecule has 1 saturated heterocycles. The number of imidazole rings is 1. The molecule has 0 unspecified atom stereocenters. The number of rotatable bonds is 7. The number of hydrogen-bond acceptors (Lipinski definition) is 5. The fraction of sp³-hybridized carbons (Fsp3) is 0.280. The van der Waals surface area contributed by atoms with E-state index in [9.17, 15) is 0 Å². The lowest BCUT2D eigenvalue weighted by molar-refractivity contribution is -0.0312. The highest BCUT2D eigenvalue weighted by Gasteiger charge is 2.19. The Kier molecular flexibility index (Phi) is 5.30. The molecular weight excluding hydrogens is 388 g/mol. The first-order valence-electron chi connectivity index (χ1n) is 10.6. The van der Waals surface area contributed by atoms with Gasteiger partial charge < -0.3 is 19.4 Å². The van der Waals surface area contributed by atoms with Crippen LogP contribution in [-0.4, -0.2) is 27.7 Å². The summed E-state index contributed by atoms with van der Waals surface area (Å²) in [7, 11) is 2.05. The van der Waals surface area contributed by atoms with Gasteiger partial charge in [0.25, 0.3) is 0 Å². The maximum absolute atomic E-state index is 5.81. The van der Waals surface area contributed by atoms with Gasteiger partial charge in [0.05, 0.1) is 24.2 Å². The van der Waals surface area contributed by atoms with Crippen molar-refractivity contribution in [1.82, 2.24) is 14.5 Å². The van der Waals surface area contributed by atoms with E-state index in [2.05, 4.69) is 52.2 Å². The molecule has 6 nitrogen and oxygen atoms in total. The lowest BCUT2D eigenvalue weighted by atomic mass is 9.98. The van der Waals surface area contributed by atoms with Gasteiger partial charge in [0, 0.05) is 31.8 Å². The SMILES string of the molecule is Cc1ccc(Oc2ccc(CNc3nc4ccc(CC5COC5)cc4n3C)cc2)nc1. The third kappa shape index (κ3) is 4.39. The standard InChI is InChI=1S/C25H26N4O2/c1-17-3-10-24(26-13-17)31-21-7-4-18(5-8-21)14-27-25-28-22-9-6-19(11-20-15-30-16-20)12-23(22)29(25)2/h3-10,12-13,20H,11,14-16H2,1-2H3,(H,27,28). The highest BCUT2D eigenvalue weighted by molar-refractivity contribution is 5.79. The molecule has 1 N–H and O–H groups in total. The second-order valence-corrected chi connectivity index (χ2v) is 8.20. The number of pyridine rings is 1. The molecule has 4 aromatic rings. The van der Waals surface area contributed by atoms with Gasteiger partial charge in [0.1, 0.15) is 5.75 Å². The van der Waals surface area contributed by atoms with Gasteiger partial charge in [-0.05, 0) is 54.3 Å². The van der Waals surface area contributed by atoms with Crippen LogP contribution in [0.5, 0.6) is 11.6 Å². The van der Waals surface area contributed by atoms with Crippen LogP contribution in [0.15, 0.2) is 60.8 Å². The summed E-state index contributed by atoms with van der Waals surface area (Å²) in [6.45, 7) is 4.45. The quantitative estimate of drug-likeness (QED) is 0.467. The van der Waals surface area contributed by atoms with E-state index in [1.165, 1.54) is 5.56 Å². The summed E-state index contributed by atoms with van der Waals surface area (Å²) in [5, 5.41) is 3.46. The molecule has 0 radical (unpaired) electrons. The Balaban J connectivity index is 1.23. The van der Waals surface area contributed by atoms with Crippen LogP contribution in [0.1, 0.15) is 16.7 Å². The molecule has 1 aliphatic rings. The zero-order valence-electron chi connectivity index (χ0n) is 17.8. The van der Waals surface area contributed by atoms with Gasteiger partial charge in [-0.15, -0.1) is 0 Å². The lowest BCUT2D eigenvalue weighted by Gasteiger charge is -2.25. The second-order valence-electron chi connectivity index (χ2n) is 8.20. The number of ether oxygens (including phenoxy) is 2. The first kappa shape index (κ1) is 19.6. The number of nitrogens with zero attached hydrogens (tertiary/aromatic N) is 3. The number of aromatic nitrogens is 3. The molecule has 1 aliphatic heterocycles. The Morgan fingerprint density at radius 3 is 2.58 bits per heavy atom. The molecule has 0 aliphatic carbocycles. The van der Waals surface area contributed by atoms with Crippen LogP contribution in [0.2, 0.25) is 0 Å². The molecule has 0 bridgehead atoms. The van der Waals surface area contributed by atoms with Crippen molar-refractivity contribution < 1.29 is 9.47 Å². The largest absolute Gasteiger partial charge is 0.439 e. The maximum Gasteiger partial charge on any atom is 0.219 e. The normalized spacial score (nSPS) is 13.9. The predicted molar refractivity (Wildman–Crippen MR) is 122 cm³/mol. The molecule has 31 heavy (non-hydrogen) atoms. The predicted octanol–water partition coefficient (Wildman–Crippen LogP) is 4.87. The van der Waals surface area contributed by atoms with E-state index in [-0.39, 0.29) is 0 Å². The topological polar surface area (TPSA) is 61.2 Å². The summed E-state index contributed by atoms with van der Waals surface area (Å²) in [6, 6.07) is 18.4. The van der Waals surface area contributed by atoms with Crippen molar-refractivity contribution in [3.8, 4) is 11.6 Å². The van der Waals surface area contributed by atoms with Crippen LogP contribution in [0.3, 0.4) is 0 Å². The number of nitrogens with one attached hydrogen (secondary N) is 1. The molecule has 0 spiro atoms. The van der Waals surface area contributed by atoms with Crippen molar-refractivity contribution in [3.05, 3.63) is 77.5 Å².